The minimum atomic E-state index is -1.76. The van der Waals surface area contributed by atoms with Crippen LogP contribution in [0.2, 0.25) is 5.02 Å². The minimum absolute atomic E-state index is 0.186. The molecule has 0 spiro atoms. The molecule has 0 aliphatic rings. The summed E-state index contributed by atoms with van der Waals surface area (Å²) < 4.78 is 66.0. The van der Waals surface area contributed by atoms with Gasteiger partial charge in [0.2, 0.25) is 11.6 Å². The Morgan fingerprint density at radius 1 is 1.05 bits per heavy atom. The van der Waals surface area contributed by atoms with E-state index in [1.54, 1.807) is 0 Å². The second kappa shape index (κ2) is 5.85. The predicted octanol–water partition coefficient (Wildman–Crippen LogP) is 4.60. The fraction of sp³-hybridized carbons (Fsp3) is 0.154. The molecule has 2 rings (SSSR count). The quantitative estimate of drug-likeness (QED) is 0.659. The number of halogens is 6. The fourth-order valence-electron chi connectivity index (χ4n) is 1.70. The summed E-state index contributed by atoms with van der Waals surface area (Å²) in [5.74, 6) is -7.48. The van der Waals surface area contributed by atoms with Gasteiger partial charge in [0.15, 0.2) is 0 Å². The van der Waals surface area contributed by atoms with Gasteiger partial charge < -0.3 is 5.32 Å². The molecule has 0 amide bonds. The van der Waals surface area contributed by atoms with Crippen LogP contribution in [0, 0.1) is 29.3 Å². The highest BCUT2D eigenvalue weighted by molar-refractivity contribution is 6.30. The third-order valence-corrected chi connectivity index (χ3v) is 3.09. The van der Waals surface area contributed by atoms with Gasteiger partial charge in [-0.1, -0.05) is 17.7 Å². The average Bonchev–Trinajstić information content (AvgIpc) is 2.44. The van der Waals surface area contributed by atoms with Crippen molar-refractivity contribution < 1.29 is 22.0 Å². The van der Waals surface area contributed by atoms with Gasteiger partial charge in [-0.15, -0.1) is 0 Å². The molecular formula is C13H8ClF5N2. The Balaban J connectivity index is 2.35. The first-order valence-corrected chi connectivity index (χ1v) is 6.10. The normalized spacial score (nSPS) is 12.3. The zero-order valence-corrected chi connectivity index (χ0v) is 11.3. The highest BCUT2D eigenvalue weighted by Crippen LogP contribution is 2.28. The van der Waals surface area contributed by atoms with Gasteiger partial charge in [-0.25, -0.2) is 4.39 Å². The van der Waals surface area contributed by atoms with Gasteiger partial charge in [0, 0.05) is 6.04 Å². The Morgan fingerprint density at radius 3 is 2.14 bits per heavy atom. The third-order valence-electron chi connectivity index (χ3n) is 2.80. The molecule has 1 N–H and O–H groups in total. The summed E-state index contributed by atoms with van der Waals surface area (Å²) in [5, 5.41) is 2.09. The van der Waals surface area contributed by atoms with Gasteiger partial charge in [0.1, 0.15) is 11.5 Å². The molecule has 2 aromatic rings. The fourth-order valence-corrected chi connectivity index (χ4v) is 1.88. The number of rotatable bonds is 3. The summed E-state index contributed by atoms with van der Waals surface area (Å²) >= 11 is 5.59. The summed E-state index contributed by atoms with van der Waals surface area (Å²) in [6, 6.07) is 2.84. The van der Waals surface area contributed by atoms with Gasteiger partial charge in [0.05, 0.1) is 5.02 Å². The summed E-state index contributed by atoms with van der Waals surface area (Å²) in [4.78, 5) is 2.45. The van der Waals surface area contributed by atoms with E-state index in [-0.39, 0.29) is 5.02 Å². The first-order valence-electron chi connectivity index (χ1n) is 5.72. The minimum Gasteiger partial charge on any atom is -0.373 e. The lowest BCUT2D eigenvalue weighted by molar-refractivity contribution is 0.410. The number of anilines is 1. The maximum atomic E-state index is 13.5. The molecule has 1 aromatic heterocycles. The molecule has 0 bridgehead atoms. The van der Waals surface area contributed by atoms with Gasteiger partial charge in [-0.3, -0.25) is 0 Å². The number of hydrogen-bond donors (Lipinski definition) is 1. The van der Waals surface area contributed by atoms with Crippen molar-refractivity contribution in [2.75, 3.05) is 5.32 Å². The van der Waals surface area contributed by atoms with E-state index in [0.717, 1.165) is 6.07 Å². The van der Waals surface area contributed by atoms with E-state index < -0.39 is 41.1 Å². The van der Waals surface area contributed by atoms with Crippen molar-refractivity contribution in [1.29, 1.82) is 0 Å². The van der Waals surface area contributed by atoms with Crippen molar-refractivity contribution in [1.82, 2.24) is 4.98 Å². The molecule has 112 valence electrons. The first-order chi connectivity index (χ1) is 9.81. The molecule has 2 nitrogen and oxygen atoms in total. The number of benzene rings is 1. The Bertz CT molecular complexity index is 666. The monoisotopic (exact) mass is 322 g/mol. The number of hydrogen-bond acceptors (Lipinski definition) is 2. The average molecular weight is 323 g/mol. The predicted molar refractivity (Wildman–Crippen MR) is 67.5 cm³/mol. The van der Waals surface area contributed by atoms with E-state index >= 15 is 0 Å². The van der Waals surface area contributed by atoms with Crippen molar-refractivity contribution in [2.24, 2.45) is 0 Å². The molecule has 8 heteroatoms. The second-order valence-electron chi connectivity index (χ2n) is 4.24. The van der Waals surface area contributed by atoms with Gasteiger partial charge in [-0.05, 0) is 24.6 Å². The lowest BCUT2D eigenvalue weighted by Gasteiger charge is -2.17. The van der Waals surface area contributed by atoms with Crippen LogP contribution in [-0.2, 0) is 0 Å². The van der Waals surface area contributed by atoms with Crippen molar-refractivity contribution >= 4 is 17.3 Å². The Morgan fingerprint density at radius 2 is 1.62 bits per heavy atom. The summed E-state index contributed by atoms with van der Waals surface area (Å²) in [7, 11) is 0. The van der Waals surface area contributed by atoms with E-state index in [1.807, 2.05) is 0 Å². The van der Waals surface area contributed by atoms with Crippen LogP contribution in [0.1, 0.15) is 18.5 Å². The topological polar surface area (TPSA) is 24.9 Å². The maximum absolute atomic E-state index is 13.5. The molecule has 0 radical (unpaired) electrons. The Hall–Kier alpha value is -1.89. The molecule has 1 aromatic carbocycles. The molecule has 0 aliphatic heterocycles. The van der Waals surface area contributed by atoms with Crippen molar-refractivity contribution in [2.45, 2.75) is 13.0 Å². The molecule has 1 atom stereocenters. The molecule has 1 heterocycles. The van der Waals surface area contributed by atoms with Crippen LogP contribution in [0.4, 0.5) is 27.6 Å². The standard InChI is InChI=1S/C13H8ClF5N2/c1-5(6-2-3-8(15)7(14)4-6)20-11-9(16)12(18)21-13(19)10(11)17/h2-5H,1H3,(H,20,21). The SMILES string of the molecule is CC(Nc1c(F)c(F)nc(F)c1F)c1ccc(F)c(Cl)c1. The van der Waals surface area contributed by atoms with E-state index in [4.69, 9.17) is 11.6 Å². The van der Waals surface area contributed by atoms with Crippen LogP contribution in [0.15, 0.2) is 18.2 Å². The van der Waals surface area contributed by atoms with Gasteiger partial charge >= 0.3 is 0 Å². The molecule has 0 saturated heterocycles. The molecular weight excluding hydrogens is 315 g/mol. The van der Waals surface area contributed by atoms with Crippen molar-refractivity contribution in [3.63, 3.8) is 0 Å². The van der Waals surface area contributed by atoms with Crippen LogP contribution in [0.25, 0.3) is 0 Å². The Labute approximate surface area is 121 Å². The number of nitrogens with zero attached hydrogens (tertiary/aromatic N) is 1. The smallest absolute Gasteiger partial charge is 0.253 e. The van der Waals surface area contributed by atoms with Crippen LogP contribution in [0.5, 0.6) is 0 Å². The molecule has 1 unspecified atom stereocenters. The van der Waals surface area contributed by atoms with Gasteiger partial charge in [-0.2, -0.15) is 22.5 Å². The van der Waals surface area contributed by atoms with E-state index in [0.29, 0.717) is 5.56 Å². The van der Waals surface area contributed by atoms with E-state index in [2.05, 4.69) is 10.3 Å². The number of nitrogens with one attached hydrogen (secondary N) is 1. The molecule has 0 saturated carbocycles. The summed E-state index contributed by atoms with van der Waals surface area (Å²) in [6.45, 7) is 1.46. The van der Waals surface area contributed by atoms with Crippen LogP contribution in [0.3, 0.4) is 0 Å². The number of pyridine rings is 1. The van der Waals surface area contributed by atoms with Crippen LogP contribution >= 0.6 is 11.6 Å². The third kappa shape index (κ3) is 3.07. The van der Waals surface area contributed by atoms with Crippen LogP contribution < -0.4 is 5.32 Å². The highest BCUT2D eigenvalue weighted by Gasteiger charge is 2.22. The molecule has 0 aliphatic carbocycles. The first kappa shape index (κ1) is 15.5. The van der Waals surface area contributed by atoms with Gasteiger partial charge in [0.25, 0.3) is 11.9 Å². The maximum Gasteiger partial charge on any atom is 0.253 e. The van der Waals surface area contributed by atoms with Crippen molar-refractivity contribution in [3.05, 3.63) is 58.1 Å². The van der Waals surface area contributed by atoms with Crippen molar-refractivity contribution in [3.8, 4) is 0 Å². The molecule has 0 fully saturated rings. The van der Waals surface area contributed by atoms with E-state index in [1.165, 1.54) is 19.1 Å². The molecule has 21 heavy (non-hydrogen) atoms. The number of aromatic nitrogens is 1. The zero-order chi connectivity index (χ0) is 15.7. The lowest BCUT2D eigenvalue weighted by Crippen LogP contribution is -2.13. The Kier molecular flexibility index (Phi) is 4.32. The lowest BCUT2D eigenvalue weighted by atomic mass is 10.1. The highest BCUT2D eigenvalue weighted by atomic mass is 35.5. The van der Waals surface area contributed by atoms with Crippen LogP contribution in [-0.4, -0.2) is 4.98 Å². The van der Waals surface area contributed by atoms with E-state index in [9.17, 15) is 22.0 Å². The summed E-state index contributed by atoms with van der Waals surface area (Å²) in [5.41, 5.74) is -0.620. The second-order valence-corrected chi connectivity index (χ2v) is 4.64. The zero-order valence-electron chi connectivity index (χ0n) is 10.5. The summed E-state index contributed by atoms with van der Waals surface area (Å²) in [6.07, 6.45) is 0. The largest absolute Gasteiger partial charge is 0.373 e.